The lowest BCUT2D eigenvalue weighted by atomic mass is 10.1. The number of rotatable bonds is 8. The molecule has 2 saturated carbocycles. The molecule has 182 valence electrons. The number of aliphatic hydroxyl groups is 3. The summed E-state index contributed by atoms with van der Waals surface area (Å²) in [4.78, 5) is 9.24. The van der Waals surface area contributed by atoms with Crippen LogP contribution in [0.3, 0.4) is 0 Å². The van der Waals surface area contributed by atoms with Gasteiger partial charge in [0.2, 0.25) is 0 Å². The fourth-order valence-electron chi connectivity index (χ4n) is 4.37. The molecule has 0 radical (unpaired) electrons. The van der Waals surface area contributed by atoms with E-state index in [1.807, 2.05) is 0 Å². The Morgan fingerprint density at radius 2 is 1.94 bits per heavy atom. The maximum atomic E-state index is 13.7. The zero-order valence-corrected chi connectivity index (χ0v) is 19.3. The van der Waals surface area contributed by atoms with Gasteiger partial charge in [-0.2, -0.15) is 0 Å². The first-order chi connectivity index (χ1) is 16.4. The van der Waals surface area contributed by atoms with Crippen LogP contribution in [0.1, 0.15) is 50.1 Å². The molecule has 3 aromatic rings. The van der Waals surface area contributed by atoms with Crippen molar-refractivity contribution in [1.82, 2.24) is 25.0 Å². The first-order valence-electron chi connectivity index (χ1n) is 11.4. The standard InChI is InChI=1S/C22H26F2N6O3S/c1-2-3-6-34-22-26-20(25-14-8-11(14)10-4-5-12(23)13(24)7-10)17-21(27-22)30(29-28-17)15-9-16(31)19(33)18(15)32/h4-5,7,11,14-16,18-19,31-33H,2-3,6,8-9H2,1H3,(H,25,26,27)/t11?,14?,15-,16+,18+,19+/m0/s1. The highest BCUT2D eigenvalue weighted by Crippen LogP contribution is 2.44. The molecule has 2 fully saturated rings. The smallest absolute Gasteiger partial charge is 0.191 e. The van der Waals surface area contributed by atoms with Gasteiger partial charge >= 0.3 is 0 Å². The molecular weight excluding hydrogens is 466 g/mol. The molecule has 2 aliphatic carbocycles. The number of aliphatic hydroxyl groups excluding tert-OH is 3. The van der Waals surface area contributed by atoms with Crippen LogP contribution in [0.4, 0.5) is 14.6 Å². The summed E-state index contributed by atoms with van der Waals surface area (Å²) < 4.78 is 28.4. The average Bonchev–Trinajstić information content (AvgIpc) is 3.38. The molecule has 0 aliphatic heterocycles. The molecule has 12 heteroatoms. The molecule has 2 unspecified atom stereocenters. The number of hydrogen-bond donors (Lipinski definition) is 4. The van der Waals surface area contributed by atoms with Crippen LogP contribution in [0.5, 0.6) is 0 Å². The summed E-state index contributed by atoms with van der Waals surface area (Å²) in [6, 6.07) is 3.22. The molecule has 0 amide bonds. The molecule has 2 aromatic heterocycles. The summed E-state index contributed by atoms with van der Waals surface area (Å²) in [7, 11) is 0. The number of nitrogens with zero attached hydrogens (tertiary/aromatic N) is 5. The summed E-state index contributed by atoms with van der Waals surface area (Å²) in [5, 5.41) is 42.7. The highest BCUT2D eigenvalue weighted by atomic mass is 32.2. The van der Waals surface area contributed by atoms with E-state index >= 15 is 0 Å². The van der Waals surface area contributed by atoms with Crippen molar-refractivity contribution < 1.29 is 24.1 Å². The number of thioether (sulfide) groups is 1. The van der Waals surface area contributed by atoms with Gasteiger partial charge in [-0.25, -0.2) is 23.4 Å². The van der Waals surface area contributed by atoms with Crippen LogP contribution in [0.15, 0.2) is 23.4 Å². The third-order valence-corrected chi connectivity index (χ3v) is 7.39. The van der Waals surface area contributed by atoms with Crippen molar-refractivity contribution in [2.45, 2.75) is 74.1 Å². The van der Waals surface area contributed by atoms with Crippen LogP contribution >= 0.6 is 11.8 Å². The van der Waals surface area contributed by atoms with Gasteiger partial charge in [0.25, 0.3) is 0 Å². The molecule has 2 aliphatic rings. The third-order valence-electron chi connectivity index (χ3n) is 6.45. The van der Waals surface area contributed by atoms with Crippen molar-refractivity contribution in [3.8, 4) is 0 Å². The van der Waals surface area contributed by atoms with E-state index < -0.39 is 36.0 Å². The van der Waals surface area contributed by atoms with Gasteiger partial charge in [0, 0.05) is 24.1 Å². The lowest BCUT2D eigenvalue weighted by Crippen LogP contribution is -2.31. The maximum absolute atomic E-state index is 13.7. The number of halogens is 2. The van der Waals surface area contributed by atoms with E-state index in [1.54, 1.807) is 6.07 Å². The molecule has 5 rings (SSSR count). The van der Waals surface area contributed by atoms with Crippen molar-refractivity contribution in [3.63, 3.8) is 0 Å². The summed E-state index contributed by atoms with van der Waals surface area (Å²) in [6.07, 6.45) is -0.682. The Bertz CT molecular complexity index is 1200. The minimum atomic E-state index is -1.27. The van der Waals surface area contributed by atoms with E-state index in [1.165, 1.54) is 22.5 Å². The van der Waals surface area contributed by atoms with Crippen molar-refractivity contribution >= 4 is 28.7 Å². The van der Waals surface area contributed by atoms with Crippen LogP contribution in [0.2, 0.25) is 0 Å². The normalized spacial score (nSPS) is 28.5. The van der Waals surface area contributed by atoms with Gasteiger partial charge in [-0.05, 0) is 30.5 Å². The molecule has 9 nitrogen and oxygen atoms in total. The highest BCUT2D eigenvalue weighted by molar-refractivity contribution is 7.99. The van der Waals surface area contributed by atoms with Crippen molar-refractivity contribution in [2.75, 3.05) is 11.1 Å². The van der Waals surface area contributed by atoms with Crippen LogP contribution in [0.25, 0.3) is 11.2 Å². The van der Waals surface area contributed by atoms with E-state index in [-0.39, 0.29) is 18.4 Å². The number of fused-ring (bicyclic) bond motifs is 1. The first kappa shape index (κ1) is 23.3. The van der Waals surface area contributed by atoms with E-state index in [0.717, 1.165) is 31.1 Å². The quantitative estimate of drug-likeness (QED) is 0.213. The van der Waals surface area contributed by atoms with Crippen molar-refractivity contribution in [3.05, 3.63) is 35.4 Å². The fourth-order valence-corrected chi connectivity index (χ4v) is 5.30. The Balaban J connectivity index is 1.44. The van der Waals surface area contributed by atoms with Crippen LogP contribution in [0, 0.1) is 11.6 Å². The van der Waals surface area contributed by atoms with E-state index in [0.29, 0.717) is 27.7 Å². The predicted molar refractivity (Wildman–Crippen MR) is 122 cm³/mol. The molecule has 4 N–H and O–H groups in total. The van der Waals surface area contributed by atoms with Crippen LogP contribution < -0.4 is 5.32 Å². The van der Waals surface area contributed by atoms with Gasteiger partial charge in [-0.15, -0.1) is 5.10 Å². The zero-order valence-electron chi connectivity index (χ0n) is 18.5. The summed E-state index contributed by atoms with van der Waals surface area (Å²) in [5.41, 5.74) is 1.51. The largest absolute Gasteiger partial charge is 0.390 e. The van der Waals surface area contributed by atoms with E-state index in [2.05, 4.69) is 32.5 Å². The van der Waals surface area contributed by atoms with Gasteiger partial charge in [0.05, 0.1) is 12.1 Å². The topological polar surface area (TPSA) is 129 Å². The van der Waals surface area contributed by atoms with Gasteiger partial charge in [-0.1, -0.05) is 36.4 Å². The average molecular weight is 493 g/mol. The van der Waals surface area contributed by atoms with Crippen molar-refractivity contribution in [2.24, 2.45) is 0 Å². The summed E-state index contributed by atoms with van der Waals surface area (Å²) in [5.74, 6) is -0.439. The van der Waals surface area contributed by atoms with E-state index in [4.69, 9.17) is 0 Å². The Labute approximate surface area is 198 Å². The number of aromatic nitrogens is 5. The number of unbranched alkanes of at least 4 members (excludes halogenated alkanes) is 1. The third kappa shape index (κ3) is 4.35. The maximum Gasteiger partial charge on any atom is 0.191 e. The zero-order chi connectivity index (χ0) is 24.0. The fraction of sp³-hybridized carbons (Fsp3) is 0.545. The predicted octanol–water partition coefficient (Wildman–Crippen LogP) is 2.39. The second kappa shape index (κ2) is 9.33. The first-order valence-corrected chi connectivity index (χ1v) is 12.4. The Morgan fingerprint density at radius 1 is 1.12 bits per heavy atom. The second-order valence-electron chi connectivity index (χ2n) is 8.88. The Morgan fingerprint density at radius 3 is 2.65 bits per heavy atom. The summed E-state index contributed by atoms with van der Waals surface area (Å²) in [6.45, 7) is 2.10. The Hall–Kier alpha value is -2.41. The van der Waals surface area contributed by atoms with Gasteiger partial charge in [-0.3, -0.25) is 0 Å². The molecule has 0 bridgehead atoms. The lowest BCUT2D eigenvalue weighted by molar-refractivity contribution is -0.0253. The van der Waals surface area contributed by atoms with Crippen molar-refractivity contribution in [1.29, 1.82) is 0 Å². The van der Waals surface area contributed by atoms with E-state index in [9.17, 15) is 24.1 Å². The Kier molecular flexibility index (Phi) is 6.40. The molecule has 0 spiro atoms. The highest BCUT2D eigenvalue weighted by Gasteiger charge is 2.44. The lowest BCUT2D eigenvalue weighted by Gasteiger charge is -2.16. The van der Waals surface area contributed by atoms with Crippen LogP contribution in [-0.2, 0) is 0 Å². The SMILES string of the molecule is CCCCSc1nc(NC2CC2c2ccc(F)c(F)c2)c2nnn([C@H]3C[C@@H](O)[C@@H](O)[C@@H]3O)c2n1. The molecule has 1 aromatic carbocycles. The molecular formula is C22H26F2N6O3S. The van der Waals surface area contributed by atoms with Gasteiger partial charge < -0.3 is 20.6 Å². The van der Waals surface area contributed by atoms with Gasteiger partial charge in [0.1, 0.15) is 12.2 Å². The van der Waals surface area contributed by atoms with Gasteiger partial charge in [0.15, 0.2) is 33.8 Å². The molecule has 6 atom stereocenters. The molecule has 0 saturated heterocycles. The van der Waals surface area contributed by atoms with Crippen LogP contribution in [-0.4, -0.2) is 70.4 Å². The number of nitrogens with one attached hydrogen (secondary N) is 1. The second-order valence-corrected chi connectivity index (χ2v) is 9.94. The summed E-state index contributed by atoms with van der Waals surface area (Å²) >= 11 is 1.50. The molecule has 34 heavy (non-hydrogen) atoms. The monoisotopic (exact) mass is 492 g/mol. The minimum Gasteiger partial charge on any atom is -0.390 e. The number of benzene rings is 1. The number of hydrogen-bond acceptors (Lipinski definition) is 9. The molecule has 2 heterocycles. The minimum absolute atomic E-state index is 0.00769. The number of anilines is 1.